The van der Waals surface area contributed by atoms with Crippen molar-refractivity contribution in [3.63, 3.8) is 0 Å². The summed E-state index contributed by atoms with van der Waals surface area (Å²) in [5.41, 5.74) is 0. The average molecular weight is 150 g/mol. The zero-order valence-electron chi connectivity index (χ0n) is 5.86. The summed E-state index contributed by atoms with van der Waals surface area (Å²) in [6, 6.07) is 0. The second kappa shape index (κ2) is 6.95. The van der Waals surface area contributed by atoms with Crippen LogP contribution in [0, 0.1) is 0 Å². The van der Waals surface area contributed by atoms with E-state index in [4.69, 9.17) is 20.1 Å². The summed E-state index contributed by atoms with van der Waals surface area (Å²) in [7, 11) is 0. The first-order valence-corrected chi connectivity index (χ1v) is 3.32. The SMILES string of the molecule is OCCOCCCC(O)O. The molecular formula is C6H14O4. The minimum absolute atomic E-state index is 0.0156. The van der Waals surface area contributed by atoms with Crippen molar-refractivity contribution in [3.05, 3.63) is 0 Å². The Labute approximate surface area is 60.1 Å². The van der Waals surface area contributed by atoms with Gasteiger partial charge in [0, 0.05) is 13.0 Å². The van der Waals surface area contributed by atoms with Crippen LogP contribution in [-0.2, 0) is 4.74 Å². The van der Waals surface area contributed by atoms with Crippen LogP contribution in [0.15, 0.2) is 0 Å². The molecule has 0 aromatic rings. The molecule has 0 fully saturated rings. The van der Waals surface area contributed by atoms with Crippen LogP contribution >= 0.6 is 0 Å². The second-order valence-corrected chi connectivity index (χ2v) is 1.96. The summed E-state index contributed by atoms with van der Waals surface area (Å²) >= 11 is 0. The van der Waals surface area contributed by atoms with Gasteiger partial charge in [0.25, 0.3) is 0 Å². The van der Waals surface area contributed by atoms with Crippen molar-refractivity contribution >= 4 is 0 Å². The lowest BCUT2D eigenvalue weighted by Crippen LogP contribution is -2.07. The van der Waals surface area contributed by atoms with Crippen LogP contribution in [0.2, 0.25) is 0 Å². The highest BCUT2D eigenvalue weighted by Gasteiger charge is 1.95. The van der Waals surface area contributed by atoms with Crippen LogP contribution in [0.25, 0.3) is 0 Å². The monoisotopic (exact) mass is 150 g/mol. The molecule has 0 spiro atoms. The highest BCUT2D eigenvalue weighted by molar-refractivity contribution is 4.39. The summed E-state index contributed by atoms with van der Waals surface area (Å²) in [6.07, 6.45) is -0.305. The van der Waals surface area contributed by atoms with Crippen LogP contribution in [0.4, 0.5) is 0 Å². The predicted molar refractivity (Wildman–Crippen MR) is 35.4 cm³/mol. The van der Waals surface area contributed by atoms with Gasteiger partial charge in [-0.15, -0.1) is 0 Å². The third-order valence-corrected chi connectivity index (χ3v) is 0.987. The van der Waals surface area contributed by atoms with Crippen LogP contribution in [0.3, 0.4) is 0 Å². The van der Waals surface area contributed by atoms with Gasteiger partial charge in [0.05, 0.1) is 13.2 Å². The fourth-order valence-electron chi connectivity index (χ4n) is 0.535. The summed E-state index contributed by atoms with van der Waals surface area (Å²) in [6.45, 7) is 0.807. The van der Waals surface area contributed by atoms with E-state index in [9.17, 15) is 0 Å². The molecule has 0 aromatic carbocycles. The largest absolute Gasteiger partial charge is 0.394 e. The highest BCUT2D eigenvalue weighted by Crippen LogP contribution is 1.92. The first-order valence-electron chi connectivity index (χ1n) is 3.32. The Kier molecular flexibility index (Phi) is 6.84. The normalized spacial score (nSPS) is 10.8. The Bertz CT molecular complexity index is 64.8. The predicted octanol–water partition coefficient (Wildman–Crippen LogP) is -0.914. The number of aliphatic hydroxyl groups is 3. The summed E-state index contributed by atoms with van der Waals surface area (Å²) in [4.78, 5) is 0. The van der Waals surface area contributed by atoms with Gasteiger partial charge in [0.15, 0.2) is 6.29 Å². The molecule has 0 bridgehead atoms. The topological polar surface area (TPSA) is 69.9 Å². The van der Waals surface area contributed by atoms with E-state index in [-0.39, 0.29) is 6.61 Å². The van der Waals surface area contributed by atoms with Gasteiger partial charge in [-0.2, -0.15) is 0 Å². The number of hydrogen-bond donors (Lipinski definition) is 3. The molecule has 0 heterocycles. The maximum Gasteiger partial charge on any atom is 0.151 e. The molecular weight excluding hydrogens is 136 g/mol. The van der Waals surface area contributed by atoms with Crippen molar-refractivity contribution in [3.8, 4) is 0 Å². The molecule has 3 N–H and O–H groups in total. The minimum atomic E-state index is -1.24. The number of hydrogen-bond acceptors (Lipinski definition) is 4. The van der Waals surface area contributed by atoms with E-state index in [1.165, 1.54) is 0 Å². The van der Waals surface area contributed by atoms with E-state index in [0.717, 1.165) is 0 Å². The smallest absolute Gasteiger partial charge is 0.151 e. The first-order chi connectivity index (χ1) is 4.77. The van der Waals surface area contributed by atoms with Gasteiger partial charge in [0.1, 0.15) is 0 Å². The molecule has 0 saturated heterocycles. The molecule has 0 saturated carbocycles. The van der Waals surface area contributed by atoms with E-state index >= 15 is 0 Å². The van der Waals surface area contributed by atoms with Gasteiger partial charge >= 0.3 is 0 Å². The third-order valence-electron chi connectivity index (χ3n) is 0.987. The van der Waals surface area contributed by atoms with E-state index in [1.54, 1.807) is 0 Å². The molecule has 0 aliphatic rings. The van der Waals surface area contributed by atoms with Crippen molar-refractivity contribution in [2.24, 2.45) is 0 Å². The summed E-state index contributed by atoms with van der Waals surface area (Å²) in [5.74, 6) is 0. The Hall–Kier alpha value is -0.160. The van der Waals surface area contributed by atoms with Gasteiger partial charge in [-0.3, -0.25) is 0 Å². The van der Waals surface area contributed by atoms with Crippen LogP contribution < -0.4 is 0 Å². The lowest BCUT2D eigenvalue weighted by molar-refractivity contribution is -0.0509. The number of ether oxygens (including phenoxy) is 1. The molecule has 62 valence electrons. The minimum Gasteiger partial charge on any atom is -0.394 e. The highest BCUT2D eigenvalue weighted by atomic mass is 16.5. The Morgan fingerprint density at radius 1 is 1.20 bits per heavy atom. The molecule has 0 amide bonds. The van der Waals surface area contributed by atoms with Crippen molar-refractivity contribution in [2.45, 2.75) is 19.1 Å². The summed E-state index contributed by atoms with van der Waals surface area (Å²) < 4.78 is 4.86. The lowest BCUT2D eigenvalue weighted by atomic mass is 10.3. The lowest BCUT2D eigenvalue weighted by Gasteiger charge is -2.02. The molecule has 0 aliphatic carbocycles. The van der Waals surface area contributed by atoms with E-state index in [0.29, 0.717) is 26.1 Å². The van der Waals surface area contributed by atoms with Crippen LogP contribution in [0.1, 0.15) is 12.8 Å². The Balaban J connectivity index is 2.77. The van der Waals surface area contributed by atoms with Gasteiger partial charge in [-0.25, -0.2) is 0 Å². The van der Waals surface area contributed by atoms with Crippen molar-refractivity contribution < 1.29 is 20.1 Å². The molecule has 4 nitrogen and oxygen atoms in total. The average Bonchev–Trinajstić information content (AvgIpc) is 1.87. The zero-order valence-corrected chi connectivity index (χ0v) is 5.86. The van der Waals surface area contributed by atoms with Crippen molar-refractivity contribution in [1.29, 1.82) is 0 Å². The molecule has 0 unspecified atom stereocenters. The standard InChI is InChI=1S/C6H14O4/c7-3-5-10-4-1-2-6(8)9/h6-9H,1-5H2. The molecule has 0 atom stereocenters. The van der Waals surface area contributed by atoms with E-state index < -0.39 is 6.29 Å². The third kappa shape index (κ3) is 7.84. The Morgan fingerprint density at radius 3 is 2.40 bits per heavy atom. The quantitative estimate of drug-likeness (QED) is 0.338. The first kappa shape index (κ1) is 9.84. The zero-order chi connectivity index (χ0) is 7.82. The molecule has 0 aromatic heterocycles. The second-order valence-electron chi connectivity index (χ2n) is 1.96. The molecule has 0 rings (SSSR count). The molecule has 0 aliphatic heterocycles. The van der Waals surface area contributed by atoms with Crippen LogP contribution in [0.5, 0.6) is 0 Å². The molecule has 4 heteroatoms. The van der Waals surface area contributed by atoms with Crippen LogP contribution in [-0.4, -0.2) is 41.4 Å². The van der Waals surface area contributed by atoms with Gasteiger partial charge in [-0.1, -0.05) is 0 Å². The fourth-order valence-corrected chi connectivity index (χ4v) is 0.535. The van der Waals surface area contributed by atoms with Gasteiger partial charge in [-0.05, 0) is 6.42 Å². The van der Waals surface area contributed by atoms with Crippen molar-refractivity contribution in [1.82, 2.24) is 0 Å². The molecule has 10 heavy (non-hydrogen) atoms. The summed E-state index contributed by atoms with van der Waals surface area (Å²) in [5, 5.41) is 25.0. The van der Waals surface area contributed by atoms with Gasteiger partial charge < -0.3 is 20.1 Å². The fraction of sp³-hybridized carbons (Fsp3) is 1.00. The maximum absolute atomic E-state index is 8.36. The van der Waals surface area contributed by atoms with Crippen molar-refractivity contribution in [2.75, 3.05) is 19.8 Å². The maximum atomic E-state index is 8.36. The van der Waals surface area contributed by atoms with E-state index in [2.05, 4.69) is 0 Å². The van der Waals surface area contributed by atoms with E-state index in [1.807, 2.05) is 0 Å². The number of aliphatic hydroxyl groups excluding tert-OH is 2. The Morgan fingerprint density at radius 2 is 1.90 bits per heavy atom. The molecule has 0 radical (unpaired) electrons. The van der Waals surface area contributed by atoms with Gasteiger partial charge in [0.2, 0.25) is 0 Å². The number of rotatable bonds is 6.